The highest BCUT2D eigenvalue weighted by Crippen LogP contribution is 2.38. The first-order chi connectivity index (χ1) is 6.96. The fourth-order valence-corrected chi connectivity index (χ4v) is 2.75. The molecule has 2 saturated carbocycles. The molecule has 2 aliphatic carbocycles. The largest absolute Gasteiger partial charge is 0.324 e. The fraction of sp³-hybridized carbons (Fsp3) is 1.00. The van der Waals surface area contributed by atoms with Crippen LogP contribution in [-0.2, 0) is 0 Å². The quantitative estimate of drug-likeness (QED) is 0.733. The van der Waals surface area contributed by atoms with E-state index in [1.807, 2.05) is 0 Å². The Morgan fingerprint density at radius 2 is 1.60 bits per heavy atom. The van der Waals surface area contributed by atoms with Crippen molar-refractivity contribution >= 4 is 0 Å². The predicted octanol–water partition coefficient (Wildman–Crippen LogP) is 0.894. The van der Waals surface area contributed by atoms with Crippen molar-refractivity contribution in [3.63, 3.8) is 0 Å². The summed E-state index contributed by atoms with van der Waals surface area (Å²) in [6, 6.07) is 0. The zero-order valence-electron chi connectivity index (χ0n) is 10.4. The number of rotatable bonds is 5. The number of nitrogens with two attached hydrogens (primary N) is 1. The standard InChI is InChI=1S/C12H25N3/c1-14(2)12(5-4-6-12)10-15(3)9-11(13)7-8-11/h4-10,13H2,1-3H3. The van der Waals surface area contributed by atoms with Crippen LogP contribution in [0.4, 0.5) is 0 Å². The van der Waals surface area contributed by atoms with Crippen molar-refractivity contribution in [3.05, 3.63) is 0 Å². The van der Waals surface area contributed by atoms with Crippen LogP contribution in [0.3, 0.4) is 0 Å². The maximum atomic E-state index is 6.15. The molecule has 0 heterocycles. The summed E-state index contributed by atoms with van der Waals surface area (Å²) in [6.07, 6.45) is 6.52. The molecule has 0 bridgehead atoms. The molecule has 0 unspecified atom stereocenters. The third-order valence-corrected chi connectivity index (χ3v) is 4.27. The molecular weight excluding hydrogens is 186 g/mol. The summed E-state index contributed by atoms with van der Waals surface area (Å²) in [6.45, 7) is 2.25. The Kier molecular flexibility index (Phi) is 2.82. The lowest BCUT2D eigenvalue weighted by Crippen LogP contribution is -2.57. The van der Waals surface area contributed by atoms with E-state index in [2.05, 4.69) is 30.9 Å². The molecule has 0 aliphatic heterocycles. The molecule has 3 nitrogen and oxygen atoms in total. The molecule has 0 aromatic rings. The van der Waals surface area contributed by atoms with Crippen LogP contribution in [0.1, 0.15) is 32.1 Å². The summed E-state index contributed by atoms with van der Waals surface area (Å²) in [4.78, 5) is 4.84. The molecule has 2 N–H and O–H groups in total. The van der Waals surface area contributed by atoms with Gasteiger partial charge in [-0.05, 0) is 53.2 Å². The van der Waals surface area contributed by atoms with Gasteiger partial charge in [0.2, 0.25) is 0 Å². The van der Waals surface area contributed by atoms with Crippen molar-refractivity contribution in [2.75, 3.05) is 34.2 Å². The van der Waals surface area contributed by atoms with Gasteiger partial charge in [0.15, 0.2) is 0 Å². The first-order valence-electron chi connectivity index (χ1n) is 6.11. The second-order valence-electron chi connectivity index (χ2n) is 6.01. The van der Waals surface area contributed by atoms with Gasteiger partial charge in [-0.2, -0.15) is 0 Å². The molecule has 2 rings (SSSR count). The molecule has 2 fully saturated rings. The van der Waals surface area contributed by atoms with E-state index in [4.69, 9.17) is 5.73 Å². The van der Waals surface area contributed by atoms with Gasteiger partial charge in [0.1, 0.15) is 0 Å². The van der Waals surface area contributed by atoms with Gasteiger partial charge in [-0.15, -0.1) is 0 Å². The molecule has 0 atom stereocenters. The Morgan fingerprint density at radius 3 is 1.93 bits per heavy atom. The summed E-state index contributed by atoms with van der Waals surface area (Å²) in [5, 5.41) is 0. The highest BCUT2D eigenvalue weighted by molar-refractivity contribution is 5.03. The summed E-state index contributed by atoms with van der Waals surface area (Å²) in [5.74, 6) is 0. The van der Waals surface area contributed by atoms with Gasteiger partial charge >= 0.3 is 0 Å². The van der Waals surface area contributed by atoms with Crippen molar-refractivity contribution in [1.29, 1.82) is 0 Å². The monoisotopic (exact) mass is 211 g/mol. The van der Waals surface area contributed by atoms with E-state index in [0.29, 0.717) is 5.54 Å². The van der Waals surface area contributed by atoms with Crippen LogP contribution in [0.2, 0.25) is 0 Å². The molecule has 0 radical (unpaired) electrons. The molecule has 15 heavy (non-hydrogen) atoms. The average Bonchev–Trinajstić information content (AvgIpc) is 2.75. The first kappa shape index (κ1) is 11.4. The zero-order chi connectivity index (χ0) is 11.1. The topological polar surface area (TPSA) is 32.5 Å². The van der Waals surface area contributed by atoms with Crippen molar-refractivity contribution in [1.82, 2.24) is 9.80 Å². The zero-order valence-corrected chi connectivity index (χ0v) is 10.4. The number of hydrogen-bond donors (Lipinski definition) is 1. The number of likely N-dealkylation sites (N-methyl/N-ethyl adjacent to an activating group) is 2. The normalized spacial score (nSPS) is 26.8. The van der Waals surface area contributed by atoms with Gasteiger partial charge < -0.3 is 15.5 Å². The van der Waals surface area contributed by atoms with Crippen molar-refractivity contribution in [2.45, 2.75) is 43.2 Å². The molecule has 2 aliphatic rings. The maximum absolute atomic E-state index is 6.15. The van der Waals surface area contributed by atoms with Crippen LogP contribution in [0.5, 0.6) is 0 Å². The van der Waals surface area contributed by atoms with Crippen LogP contribution < -0.4 is 5.73 Å². The Hall–Kier alpha value is -0.120. The minimum absolute atomic E-state index is 0.159. The van der Waals surface area contributed by atoms with E-state index < -0.39 is 0 Å². The average molecular weight is 211 g/mol. The Balaban J connectivity index is 1.84. The lowest BCUT2D eigenvalue weighted by Gasteiger charge is -2.49. The van der Waals surface area contributed by atoms with Gasteiger partial charge in [0, 0.05) is 24.2 Å². The van der Waals surface area contributed by atoms with E-state index >= 15 is 0 Å². The molecule has 0 amide bonds. The highest BCUT2D eigenvalue weighted by Gasteiger charge is 2.43. The molecule has 0 spiro atoms. The number of hydrogen-bond acceptors (Lipinski definition) is 3. The van der Waals surface area contributed by atoms with Crippen LogP contribution in [0.25, 0.3) is 0 Å². The van der Waals surface area contributed by atoms with Gasteiger partial charge in [-0.1, -0.05) is 0 Å². The molecule has 0 aromatic heterocycles. The van der Waals surface area contributed by atoms with E-state index in [0.717, 1.165) is 6.54 Å². The second kappa shape index (κ2) is 3.72. The summed E-state index contributed by atoms with van der Waals surface area (Å²) in [5.41, 5.74) is 6.75. The van der Waals surface area contributed by atoms with E-state index in [1.54, 1.807) is 0 Å². The van der Waals surface area contributed by atoms with Crippen LogP contribution >= 0.6 is 0 Å². The third kappa shape index (κ3) is 2.35. The van der Waals surface area contributed by atoms with Crippen LogP contribution in [-0.4, -0.2) is 55.1 Å². The summed E-state index contributed by atoms with van der Waals surface area (Å²) >= 11 is 0. The Morgan fingerprint density at radius 1 is 1.00 bits per heavy atom. The van der Waals surface area contributed by atoms with Crippen molar-refractivity contribution in [3.8, 4) is 0 Å². The molecule has 3 heteroatoms. The lowest BCUT2D eigenvalue weighted by molar-refractivity contribution is 0.0259. The molecule has 0 saturated heterocycles. The predicted molar refractivity (Wildman–Crippen MR) is 63.9 cm³/mol. The van der Waals surface area contributed by atoms with Gasteiger partial charge in [-0.25, -0.2) is 0 Å². The minimum atomic E-state index is 0.159. The van der Waals surface area contributed by atoms with E-state index in [1.165, 1.54) is 38.6 Å². The second-order valence-corrected chi connectivity index (χ2v) is 6.01. The smallest absolute Gasteiger partial charge is 0.0330 e. The lowest BCUT2D eigenvalue weighted by atomic mass is 9.75. The van der Waals surface area contributed by atoms with Gasteiger partial charge in [-0.3, -0.25) is 0 Å². The van der Waals surface area contributed by atoms with Crippen molar-refractivity contribution < 1.29 is 0 Å². The van der Waals surface area contributed by atoms with E-state index in [9.17, 15) is 0 Å². The SMILES string of the molecule is CN(CC1(N)CC1)CC1(N(C)C)CCC1. The molecule has 88 valence electrons. The minimum Gasteiger partial charge on any atom is -0.324 e. The maximum Gasteiger partial charge on any atom is 0.0330 e. The highest BCUT2D eigenvalue weighted by atomic mass is 15.2. The van der Waals surface area contributed by atoms with Crippen LogP contribution in [0.15, 0.2) is 0 Å². The summed E-state index contributed by atoms with van der Waals surface area (Å²) < 4.78 is 0. The Bertz CT molecular complexity index is 229. The van der Waals surface area contributed by atoms with E-state index in [-0.39, 0.29) is 5.54 Å². The number of nitrogens with zero attached hydrogens (tertiary/aromatic N) is 2. The van der Waals surface area contributed by atoms with Crippen molar-refractivity contribution in [2.24, 2.45) is 5.73 Å². The molecular formula is C12H25N3. The van der Waals surface area contributed by atoms with Crippen LogP contribution in [0, 0.1) is 0 Å². The molecule has 0 aromatic carbocycles. The first-order valence-corrected chi connectivity index (χ1v) is 6.11. The fourth-order valence-electron chi connectivity index (χ4n) is 2.75. The van der Waals surface area contributed by atoms with Gasteiger partial charge in [0.25, 0.3) is 0 Å². The third-order valence-electron chi connectivity index (χ3n) is 4.27. The van der Waals surface area contributed by atoms with Gasteiger partial charge in [0.05, 0.1) is 0 Å². The summed E-state index contributed by atoms with van der Waals surface area (Å²) in [7, 11) is 6.64. The Labute approximate surface area is 93.6 Å².